The summed E-state index contributed by atoms with van der Waals surface area (Å²) in [6.07, 6.45) is 0.298. The number of carbonyl (C=O) groups is 1. The lowest BCUT2D eigenvalue weighted by atomic mass is 10.1. The topological polar surface area (TPSA) is 59.2 Å². The number of rotatable bonds is 3. The Hall–Kier alpha value is -3.02. The molecule has 2 heterocycles. The molecule has 0 N–H and O–H groups in total. The van der Waals surface area contributed by atoms with Crippen LogP contribution in [0.5, 0.6) is 0 Å². The Balaban J connectivity index is 1.57. The summed E-state index contributed by atoms with van der Waals surface area (Å²) < 4.78 is 18.5. The van der Waals surface area contributed by atoms with Crippen molar-refractivity contribution in [2.75, 3.05) is 11.4 Å². The number of anilines is 1. The minimum atomic E-state index is -0.327. The maximum Gasteiger partial charge on any atom is 0.232 e. The van der Waals surface area contributed by atoms with Crippen LogP contribution in [-0.2, 0) is 4.79 Å². The molecule has 26 heavy (non-hydrogen) atoms. The van der Waals surface area contributed by atoms with Gasteiger partial charge in [-0.05, 0) is 43.7 Å². The zero-order chi connectivity index (χ0) is 18.3. The highest BCUT2D eigenvalue weighted by Gasteiger charge is 2.35. The Bertz CT molecular complexity index is 965. The van der Waals surface area contributed by atoms with Crippen molar-refractivity contribution in [3.63, 3.8) is 0 Å². The summed E-state index contributed by atoms with van der Waals surface area (Å²) in [5.41, 5.74) is 3.84. The van der Waals surface area contributed by atoms with E-state index in [1.807, 2.05) is 26.0 Å². The first-order valence-electron chi connectivity index (χ1n) is 8.48. The molecule has 6 heteroatoms. The second-order valence-electron chi connectivity index (χ2n) is 6.66. The van der Waals surface area contributed by atoms with Crippen LogP contribution >= 0.6 is 0 Å². The molecule has 1 unspecified atom stereocenters. The number of nitrogens with zero attached hydrogens (tertiary/aromatic N) is 3. The van der Waals surface area contributed by atoms with Crippen molar-refractivity contribution in [2.24, 2.45) is 0 Å². The van der Waals surface area contributed by atoms with E-state index in [0.29, 0.717) is 30.4 Å². The quantitative estimate of drug-likeness (QED) is 0.715. The molecule has 132 valence electrons. The van der Waals surface area contributed by atoms with E-state index in [4.69, 9.17) is 4.52 Å². The third-order valence-corrected chi connectivity index (χ3v) is 4.68. The minimum Gasteiger partial charge on any atom is -0.339 e. The summed E-state index contributed by atoms with van der Waals surface area (Å²) in [6, 6.07) is 12.0. The van der Waals surface area contributed by atoms with Crippen LogP contribution in [0.2, 0.25) is 0 Å². The number of amides is 1. The summed E-state index contributed by atoms with van der Waals surface area (Å²) in [7, 11) is 0. The standard InChI is InChI=1S/C20H18FN3O2/c1-12-3-8-17(13(2)9-12)19-22-20(26-23-19)14-10-18(25)24(11-14)16-6-4-15(21)5-7-16/h3-9,14H,10-11H2,1-2H3. The average molecular weight is 351 g/mol. The molecule has 2 aromatic carbocycles. The monoisotopic (exact) mass is 351 g/mol. The molecule has 1 aliphatic heterocycles. The van der Waals surface area contributed by atoms with Crippen molar-refractivity contribution in [3.8, 4) is 11.4 Å². The fraction of sp³-hybridized carbons (Fsp3) is 0.250. The van der Waals surface area contributed by atoms with E-state index < -0.39 is 0 Å². The van der Waals surface area contributed by atoms with Crippen molar-refractivity contribution in [2.45, 2.75) is 26.2 Å². The van der Waals surface area contributed by atoms with Gasteiger partial charge in [0.2, 0.25) is 17.6 Å². The number of aryl methyl sites for hydroxylation is 2. The first-order chi connectivity index (χ1) is 12.5. The van der Waals surface area contributed by atoms with Gasteiger partial charge in [0.05, 0.1) is 5.92 Å². The van der Waals surface area contributed by atoms with E-state index >= 15 is 0 Å². The number of hydrogen-bond donors (Lipinski definition) is 0. The molecular formula is C20H18FN3O2. The van der Waals surface area contributed by atoms with Gasteiger partial charge in [-0.1, -0.05) is 28.9 Å². The van der Waals surface area contributed by atoms with Crippen molar-refractivity contribution in [1.82, 2.24) is 10.1 Å². The Morgan fingerprint density at radius 2 is 1.92 bits per heavy atom. The predicted molar refractivity (Wildman–Crippen MR) is 95.3 cm³/mol. The highest BCUT2D eigenvalue weighted by atomic mass is 19.1. The van der Waals surface area contributed by atoms with Crippen LogP contribution in [0.3, 0.4) is 0 Å². The highest BCUT2D eigenvalue weighted by molar-refractivity contribution is 5.96. The normalized spacial score (nSPS) is 17.1. The molecule has 1 saturated heterocycles. The van der Waals surface area contributed by atoms with Crippen LogP contribution in [-0.4, -0.2) is 22.6 Å². The fourth-order valence-corrected chi connectivity index (χ4v) is 3.32. The minimum absolute atomic E-state index is 0.0344. The molecule has 0 spiro atoms. The second-order valence-corrected chi connectivity index (χ2v) is 6.66. The maximum atomic E-state index is 13.1. The van der Waals surface area contributed by atoms with Crippen molar-refractivity contribution >= 4 is 11.6 Å². The SMILES string of the molecule is Cc1ccc(-c2noc(C3CC(=O)N(c4ccc(F)cc4)C3)n2)c(C)c1. The lowest BCUT2D eigenvalue weighted by Gasteiger charge is -2.15. The van der Waals surface area contributed by atoms with E-state index in [9.17, 15) is 9.18 Å². The summed E-state index contributed by atoms with van der Waals surface area (Å²) in [5, 5.41) is 4.09. The maximum absolute atomic E-state index is 13.1. The number of aromatic nitrogens is 2. The Labute approximate surface area is 150 Å². The van der Waals surface area contributed by atoms with Crippen LogP contribution in [0.25, 0.3) is 11.4 Å². The predicted octanol–water partition coefficient (Wildman–Crippen LogP) is 4.01. The lowest BCUT2D eigenvalue weighted by Crippen LogP contribution is -2.24. The number of benzene rings is 2. The molecule has 0 bridgehead atoms. The average Bonchev–Trinajstić information content (AvgIpc) is 3.23. The molecule has 0 radical (unpaired) electrons. The summed E-state index contributed by atoms with van der Waals surface area (Å²) in [6.45, 7) is 4.49. The molecule has 1 fully saturated rings. The van der Waals surface area contributed by atoms with Crippen LogP contribution in [0.1, 0.15) is 29.4 Å². The van der Waals surface area contributed by atoms with E-state index in [-0.39, 0.29) is 17.6 Å². The summed E-state index contributed by atoms with van der Waals surface area (Å²) in [5.74, 6) is 0.461. The smallest absolute Gasteiger partial charge is 0.232 e. The van der Waals surface area contributed by atoms with Crippen LogP contribution < -0.4 is 4.90 Å². The van der Waals surface area contributed by atoms with E-state index in [2.05, 4.69) is 16.2 Å². The number of hydrogen-bond acceptors (Lipinski definition) is 4. The fourth-order valence-electron chi connectivity index (χ4n) is 3.32. The Kier molecular flexibility index (Phi) is 4.03. The first-order valence-corrected chi connectivity index (χ1v) is 8.48. The largest absolute Gasteiger partial charge is 0.339 e. The molecule has 1 amide bonds. The summed E-state index contributed by atoms with van der Waals surface area (Å²) in [4.78, 5) is 18.5. The number of carbonyl (C=O) groups excluding carboxylic acids is 1. The molecule has 1 aromatic heterocycles. The van der Waals surface area contributed by atoms with E-state index in [0.717, 1.165) is 11.1 Å². The molecule has 4 rings (SSSR count). The van der Waals surface area contributed by atoms with Gasteiger partial charge < -0.3 is 9.42 Å². The molecule has 5 nitrogen and oxygen atoms in total. The summed E-state index contributed by atoms with van der Waals surface area (Å²) >= 11 is 0. The van der Waals surface area contributed by atoms with Gasteiger partial charge in [-0.3, -0.25) is 4.79 Å². The van der Waals surface area contributed by atoms with Crippen molar-refractivity contribution < 1.29 is 13.7 Å². The zero-order valence-electron chi connectivity index (χ0n) is 14.6. The van der Waals surface area contributed by atoms with Crippen LogP contribution in [0.4, 0.5) is 10.1 Å². The van der Waals surface area contributed by atoms with Gasteiger partial charge in [-0.25, -0.2) is 4.39 Å². The second kappa shape index (κ2) is 6.37. The first kappa shape index (κ1) is 16.4. The molecule has 1 atom stereocenters. The van der Waals surface area contributed by atoms with Gasteiger partial charge >= 0.3 is 0 Å². The molecular weight excluding hydrogens is 333 g/mol. The Morgan fingerprint density at radius 1 is 1.15 bits per heavy atom. The lowest BCUT2D eigenvalue weighted by molar-refractivity contribution is -0.117. The molecule has 3 aromatic rings. The van der Waals surface area contributed by atoms with Crippen LogP contribution in [0.15, 0.2) is 47.0 Å². The highest BCUT2D eigenvalue weighted by Crippen LogP contribution is 2.32. The van der Waals surface area contributed by atoms with Crippen molar-refractivity contribution in [3.05, 3.63) is 65.3 Å². The van der Waals surface area contributed by atoms with Gasteiger partial charge in [-0.15, -0.1) is 0 Å². The van der Waals surface area contributed by atoms with E-state index in [1.165, 1.54) is 17.7 Å². The molecule has 0 aliphatic carbocycles. The third-order valence-electron chi connectivity index (χ3n) is 4.68. The third kappa shape index (κ3) is 2.98. The van der Waals surface area contributed by atoms with Gasteiger partial charge in [0.25, 0.3) is 0 Å². The molecule has 0 saturated carbocycles. The zero-order valence-corrected chi connectivity index (χ0v) is 14.6. The van der Waals surface area contributed by atoms with Crippen molar-refractivity contribution in [1.29, 1.82) is 0 Å². The van der Waals surface area contributed by atoms with Gasteiger partial charge in [0.1, 0.15) is 5.82 Å². The molecule has 1 aliphatic rings. The van der Waals surface area contributed by atoms with Gasteiger partial charge in [0.15, 0.2) is 0 Å². The van der Waals surface area contributed by atoms with Gasteiger partial charge in [0, 0.05) is 24.2 Å². The van der Waals surface area contributed by atoms with Crippen LogP contribution in [0, 0.1) is 19.7 Å². The van der Waals surface area contributed by atoms with Gasteiger partial charge in [-0.2, -0.15) is 4.98 Å². The number of halogens is 1. The Morgan fingerprint density at radius 3 is 2.65 bits per heavy atom. The van der Waals surface area contributed by atoms with E-state index in [1.54, 1.807) is 17.0 Å².